The lowest BCUT2D eigenvalue weighted by molar-refractivity contribution is -0.116. The Bertz CT molecular complexity index is 184. The number of nitrogens with one attached hydrogen (secondary N) is 1. The number of carbonyl (C=O) groups is 1. The van der Waals surface area contributed by atoms with Crippen LogP contribution in [-0.2, 0) is 4.79 Å². The van der Waals surface area contributed by atoms with Gasteiger partial charge in [-0.2, -0.15) is 0 Å². The van der Waals surface area contributed by atoms with Crippen LogP contribution in [0.1, 0.15) is 33.6 Å². The Hall–Kier alpha value is -0.830. The number of allylic oxidation sites excluding steroid dienone is 1. The zero-order chi connectivity index (χ0) is 11.5. The molecular weight excluding hydrogens is 188 g/mol. The standard InChI is InChI=1S/C12H24N2O/c1-4-7-12(15)13-8-11-14(9-5-2)10-6-3/h4,7H,5-6,8-11H2,1-3H3,(H,13,15). The van der Waals surface area contributed by atoms with E-state index in [1.807, 2.05) is 6.92 Å². The van der Waals surface area contributed by atoms with Crippen LogP contribution in [0.25, 0.3) is 0 Å². The summed E-state index contributed by atoms with van der Waals surface area (Å²) in [5.41, 5.74) is 0. The number of hydrogen-bond donors (Lipinski definition) is 1. The van der Waals surface area contributed by atoms with E-state index in [0.29, 0.717) is 0 Å². The third-order valence-corrected chi connectivity index (χ3v) is 2.12. The lowest BCUT2D eigenvalue weighted by Crippen LogP contribution is -2.35. The molecule has 0 radical (unpaired) electrons. The van der Waals surface area contributed by atoms with Gasteiger partial charge in [0, 0.05) is 13.1 Å². The Morgan fingerprint density at radius 3 is 2.27 bits per heavy atom. The van der Waals surface area contributed by atoms with Crippen molar-refractivity contribution in [2.24, 2.45) is 0 Å². The highest BCUT2D eigenvalue weighted by atomic mass is 16.1. The largest absolute Gasteiger partial charge is 0.351 e. The summed E-state index contributed by atoms with van der Waals surface area (Å²) in [6.07, 6.45) is 5.65. The summed E-state index contributed by atoms with van der Waals surface area (Å²) < 4.78 is 0. The molecule has 0 saturated heterocycles. The van der Waals surface area contributed by atoms with Crippen LogP contribution >= 0.6 is 0 Å². The van der Waals surface area contributed by atoms with Gasteiger partial charge in [-0.25, -0.2) is 0 Å². The topological polar surface area (TPSA) is 32.3 Å². The normalized spacial score (nSPS) is 11.2. The van der Waals surface area contributed by atoms with E-state index in [1.165, 1.54) is 12.8 Å². The zero-order valence-electron chi connectivity index (χ0n) is 10.3. The summed E-state index contributed by atoms with van der Waals surface area (Å²) in [5, 5.41) is 2.86. The monoisotopic (exact) mass is 212 g/mol. The van der Waals surface area contributed by atoms with Crippen molar-refractivity contribution in [3.8, 4) is 0 Å². The molecule has 0 aliphatic carbocycles. The fraction of sp³-hybridized carbons (Fsp3) is 0.750. The Morgan fingerprint density at radius 2 is 1.80 bits per heavy atom. The van der Waals surface area contributed by atoms with Crippen LogP contribution in [0.2, 0.25) is 0 Å². The van der Waals surface area contributed by atoms with E-state index in [-0.39, 0.29) is 5.91 Å². The molecule has 0 bridgehead atoms. The molecule has 0 aromatic rings. The van der Waals surface area contributed by atoms with Crippen molar-refractivity contribution in [1.82, 2.24) is 10.2 Å². The smallest absolute Gasteiger partial charge is 0.243 e. The molecule has 1 N–H and O–H groups in total. The number of carbonyl (C=O) groups excluding carboxylic acids is 1. The molecule has 0 rings (SSSR count). The SMILES string of the molecule is CC=CC(=O)NCCN(CCC)CCC. The quantitative estimate of drug-likeness (QED) is 0.622. The zero-order valence-corrected chi connectivity index (χ0v) is 10.3. The van der Waals surface area contributed by atoms with Crippen molar-refractivity contribution in [3.63, 3.8) is 0 Å². The maximum atomic E-state index is 11.1. The van der Waals surface area contributed by atoms with Crippen molar-refractivity contribution in [3.05, 3.63) is 12.2 Å². The number of amides is 1. The number of nitrogens with zero attached hydrogens (tertiary/aromatic N) is 1. The summed E-state index contributed by atoms with van der Waals surface area (Å²) in [5.74, 6) is 0.00504. The van der Waals surface area contributed by atoms with Gasteiger partial charge in [-0.15, -0.1) is 0 Å². The molecule has 3 nitrogen and oxygen atoms in total. The predicted octanol–water partition coefficient (Wildman–Crippen LogP) is 1.80. The van der Waals surface area contributed by atoms with Gasteiger partial charge in [0.2, 0.25) is 5.91 Å². The van der Waals surface area contributed by atoms with Gasteiger partial charge in [0.25, 0.3) is 0 Å². The first-order chi connectivity index (χ1) is 7.24. The molecule has 0 aliphatic rings. The molecule has 3 heteroatoms. The average molecular weight is 212 g/mol. The van der Waals surface area contributed by atoms with E-state index in [2.05, 4.69) is 24.1 Å². The molecule has 88 valence electrons. The van der Waals surface area contributed by atoms with Crippen molar-refractivity contribution < 1.29 is 4.79 Å². The first-order valence-corrected chi connectivity index (χ1v) is 5.87. The minimum Gasteiger partial charge on any atom is -0.351 e. The Balaban J connectivity index is 3.64. The van der Waals surface area contributed by atoms with E-state index in [4.69, 9.17) is 0 Å². The van der Waals surface area contributed by atoms with Crippen LogP contribution in [0.3, 0.4) is 0 Å². The summed E-state index contributed by atoms with van der Waals surface area (Å²) >= 11 is 0. The first kappa shape index (κ1) is 14.2. The average Bonchev–Trinajstić information content (AvgIpc) is 2.19. The van der Waals surface area contributed by atoms with Crippen molar-refractivity contribution >= 4 is 5.91 Å². The highest BCUT2D eigenvalue weighted by Gasteiger charge is 2.02. The van der Waals surface area contributed by atoms with Crippen LogP contribution in [-0.4, -0.2) is 37.0 Å². The maximum absolute atomic E-state index is 11.1. The fourth-order valence-corrected chi connectivity index (χ4v) is 1.52. The lowest BCUT2D eigenvalue weighted by atomic mass is 10.3. The maximum Gasteiger partial charge on any atom is 0.243 e. The molecule has 0 heterocycles. The summed E-state index contributed by atoms with van der Waals surface area (Å²) in [7, 11) is 0. The Morgan fingerprint density at radius 1 is 1.20 bits per heavy atom. The fourth-order valence-electron chi connectivity index (χ4n) is 1.52. The van der Waals surface area contributed by atoms with Gasteiger partial charge in [-0.3, -0.25) is 4.79 Å². The minimum absolute atomic E-state index is 0.00504. The van der Waals surface area contributed by atoms with E-state index in [0.717, 1.165) is 26.2 Å². The first-order valence-electron chi connectivity index (χ1n) is 5.87. The van der Waals surface area contributed by atoms with Gasteiger partial charge in [-0.05, 0) is 38.9 Å². The van der Waals surface area contributed by atoms with Crippen LogP contribution < -0.4 is 5.32 Å². The van der Waals surface area contributed by atoms with E-state index < -0.39 is 0 Å². The van der Waals surface area contributed by atoms with Gasteiger partial charge >= 0.3 is 0 Å². The molecular formula is C12H24N2O. The lowest BCUT2D eigenvalue weighted by Gasteiger charge is -2.20. The summed E-state index contributed by atoms with van der Waals surface area (Å²) in [6.45, 7) is 10.1. The Labute approximate surface area is 93.5 Å². The highest BCUT2D eigenvalue weighted by molar-refractivity contribution is 5.87. The second-order valence-corrected chi connectivity index (χ2v) is 3.63. The summed E-state index contributed by atoms with van der Waals surface area (Å²) in [6, 6.07) is 0. The van der Waals surface area contributed by atoms with Gasteiger partial charge in [0.1, 0.15) is 0 Å². The van der Waals surface area contributed by atoms with Crippen molar-refractivity contribution in [1.29, 1.82) is 0 Å². The van der Waals surface area contributed by atoms with Crippen LogP contribution in [0.15, 0.2) is 12.2 Å². The highest BCUT2D eigenvalue weighted by Crippen LogP contribution is 1.92. The van der Waals surface area contributed by atoms with E-state index >= 15 is 0 Å². The van der Waals surface area contributed by atoms with Crippen LogP contribution in [0, 0.1) is 0 Å². The molecule has 0 spiro atoms. The predicted molar refractivity (Wildman–Crippen MR) is 64.8 cm³/mol. The van der Waals surface area contributed by atoms with Gasteiger partial charge < -0.3 is 10.2 Å². The van der Waals surface area contributed by atoms with Gasteiger partial charge in [-0.1, -0.05) is 19.9 Å². The molecule has 15 heavy (non-hydrogen) atoms. The number of hydrogen-bond acceptors (Lipinski definition) is 2. The third kappa shape index (κ3) is 8.18. The van der Waals surface area contributed by atoms with E-state index in [1.54, 1.807) is 12.2 Å². The number of rotatable bonds is 8. The molecule has 0 fully saturated rings. The van der Waals surface area contributed by atoms with Crippen molar-refractivity contribution in [2.75, 3.05) is 26.2 Å². The van der Waals surface area contributed by atoms with Gasteiger partial charge in [0.05, 0.1) is 0 Å². The van der Waals surface area contributed by atoms with Crippen LogP contribution in [0.5, 0.6) is 0 Å². The minimum atomic E-state index is 0.00504. The molecule has 0 aromatic heterocycles. The van der Waals surface area contributed by atoms with Crippen LogP contribution in [0.4, 0.5) is 0 Å². The molecule has 0 atom stereocenters. The summed E-state index contributed by atoms with van der Waals surface area (Å²) in [4.78, 5) is 13.5. The molecule has 0 aromatic carbocycles. The molecule has 0 saturated carbocycles. The molecule has 0 aliphatic heterocycles. The second-order valence-electron chi connectivity index (χ2n) is 3.63. The second kappa shape index (κ2) is 9.71. The van der Waals surface area contributed by atoms with Gasteiger partial charge in [0.15, 0.2) is 0 Å². The third-order valence-electron chi connectivity index (χ3n) is 2.12. The molecule has 1 amide bonds. The molecule has 0 unspecified atom stereocenters. The Kier molecular flexibility index (Phi) is 9.18. The van der Waals surface area contributed by atoms with E-state index in [9.17, 15) is 4.79 Å². The van der Waals surface area contributed by atoms with Crippen molar-refractivity contribution in [2.45, 2.75) is 33.6 Å².